The molecule has 0 bridgehead atoms. The molecule has 1 heterocycles. The van der Waals surface area contributed by atoms with Crippen molar-refractivity contribution in [1.82, 2.24) is 10.2 Å². The minimum absolute atomic E-state index is 0.187. The van der Waals surface area contributed by atoms with E-state index in [1.807, 2.05) is 35.2 Å². The SMILES string of the molecule is CC(CN1CCCC1=O)NCc1cc(-c2ccccc2)ccc1O. The Morgan fingerprint density at radius 2 is 1.96 bits per heavy atom. The van der Waals surface area contributed by atoms with Crippen molar-refractivity contribution in [3.05, 3.63) is 54.1 Å². The van der Waals surface area contributed by atoms with Crippen LogP contribution in [0.5, 0.6) is 5.75 Å². The molecule has 0 saturated carbocycles. The lowest BCUT2D eigenvalue weighted by atomic mass is 10.0. The first-order chi connectivity index (χ1) is 11.6. The van der Waals surface area contributed by atoms with Crippen LogP contribution < -0.4 is 5.32 Å². The number of nitrogens with one attached hydrogen (secondary N) is 1. The van der Waals surface area contributed by atoms with Crippen molar-refractivity contribution in [3.8, 4) is 16.9 Å². The number of hydrogen-bond acceptors (Lipinski definition) is 3. The van der Waals surface area contributed by atoms with Crippen molar-refractivity contribution < 1.29 is 9.90 Å². The van der Waals surface area contributed by atoms with Crippen molar-refractivity contribution in [1.29, 1.82) is 0 Å². The highest BCUT2D eigenvalue weighted by Gasteiger charge is 2.21. The molecule has 2 N–H and O–H groups in total. The minimum atomic E-state index is 0.187. The smallest absolute Gasteiger partial charge is 0.222 e. The Hall–Kier alpha value is -2.33. The second-order valence-electron chi connectivity index (χ2n) is 6.43. The molecule has 0 radical (unpaired) electrons. The van der Waals surface area contributed by atoms with Gasteiger partial charge < -0.3 is 15.3 Å². The number of phenols is 1. The van der Waals surface area contributed by atoms with Gasteiger partial charge in [-0.25, -0.2) is 0 Å². The molecule has 1 aliphatic rings. The van der Waals surface area contributed by atoms with E-state index >= 15 is 0 Å². The van der Waals surface area contributed by atoms with E-state index in [2.05, 4.69) is 24.4 Å². The summed E-state index contributed by atoms with van der Waals surface area (Å²) in [7, 11) is 0. The first-order valence-corrected chi connectivity index (χ1v) is 8.52. The van der Waals surface area contributed by atoms with Crippen LogP contribution in [-0.4, -0.2) is 35.0 Å². The summed E-state index contributed by atoms with van der Waals surface area (Å²) in [5.74, 6) is 0.546. The van der Waals surface area contributed by atoms with E-state index in [4.69, 9.17) is 0 Å². The van der Waals surface area contributed by atoms with Crippen molar-refractivity contribution in [3.63, 3.8) is 0 Å². The first kappa shape index (κ1) is 16.5. The normalized spacial score (nSPS) is 15.7. The molecule has 4 nitrogen and oxygen atoms in total. The lowest BCUT2D eigenvalue weighted by Gasteiger charge is -2.22. The van der Waals surface area contributed by atoms with Crippen LogP contribution >= 0.6 is 0 Å². The Balaban J connectivity index is 1.63. The molecule has 1 atom stereocenters. The van der Waals surface area contributed by atoms with Crippen molar-refractivity contribution in [2.24, 2.45) is 0 Å². The summed E-state index contributed by atoms with van der Waals surface area (Å²) in [4.78, 5) is 13.6. The van der Waals surface area contributed by atoms with E-state index in [9.17, 15) is 9.90 Å². The fourth-order valence-electron chi connectivity index (χ4n) is 3.11. The molecule has 1 saturated heterocycles. The van der Waals surface area contributed by atoms with E-state index in [0.717, 1.165) is 36.2 Å². The number of carbonyl (C=O) groups excluding carboxylic acids is 1. The molecule has 2 aromatic rings. The molecule has 4 heteroatoms. The Labute approximate surface area is 143 Å². The van der Waals surface area contributed by atoms with Crippen LogP contribution in [0.4, 0.5) is 0 Å². The standard InChI is InChI=1S/C20H24N2O2/c1-15(14-22-11-5-8-20(22)24)21-13-18-12-17(9-10-19(18)23)16-6-3-2-4-7-16/h2-4,6-7,9-10,12,15,21,23H,5,8,11,13-14H2,1H3. The lowest BCUT2D eigenvalue weighted by Crippen LogP contribution is -2.39. The molecule has 1 unspecified atom stereocenters. The van der Waals surface area contributed by atoms with Crippen molar-refractivity contribution in [2.45, 2.75) is 32.4 Å². The Morgan fingerprint density at radius 3 is 2.67 bits per heavy atom. The summed E-state index contributed by atoms with van der Waals surface area (Å²) in [6.07, 6.45) is 1.64. The predicted molar refractivity (Wildman–Crippen MR) is 95.7 cm³/mol. The van der Waals surface area contributed by atoms with Gasteiger partial charge in [-0.1, -0.05) is 36.4 Å². The second kappa shape index (κ2) is 7.49. The molecule has 0 spiro atoms. The summed E-state index contributed by atoms with van der Waals surface area (Å²) < 4.78 is 0. The fraction of sp³-hybridized carbons (Fsp3) is 0.350. The van der Waals surface area contributed by atoms with Gasteiger partial charge >= 0.3 is 0 Å². The van der Waals surface area contributed by atoms with E-state index in [-0.39, 0.29) is 11.9 Å². The maximum atomic E-state index is 11.7. The summed E-state index contributed by atoms with van der Waals surface area (Å²) >= 11 is 0. The summed E-state index contributed by atoms with van der Waals surface area (Å²) in [5.41, 5.74) is 3.10. The van der Waals surface area contributed by atoms with E-state index < -0.39 is 0 Å². The molecule has 126 valence electrons. The predicted octanol–water partition coefficient (Wildman–Crippen LogP) is 3.16. The summed E-state index contributed by atoms with van der Waals surface area (Å²) in [6, 6.07) is 16.0. The van der Waals surface area contributed by atoms with Crippen LogP contribution in [0.2, 0.25) is 0 Å². The van der Waals surface area contributed by atoms with Crippen molar-refractivity contribution >= 4 is 5.91 Å². The molecular formula is C20H24N2O2. The Bertz CT molecular complexity index is 700. The number of hydrogen-bond donors (Lipinski definition) is 2. The molecular weight excluding hydrogens is 300 g/mol. The summed E-state index contributed by atoms with van der Waals surface area (Å²) in [5, 5.41) is 13.5. The number of benzene rings is 2. The third-order valence-corrected chi connectivity index (χ3v) is 4.49. The molecule has 24 heavy (non-hydrogen) atoms. The highest BCUT2D eigenvalue weighted by molar-refractivity contribution is 5.78. The van der Waals surface area contributed by atoms with Crippen LogP contribution in [0, 0.1) is 0 Å². The van der Waals surface area contributed by atoms with Gasteiger partial charge in [-0.05, 0) is 36.6 Å². The Morgan fingerprint density at radius 1 is 1.17 bits per heavy atom. The van der Waals surface area contributed by atoms with Gasteiger partial charge in [0.1, 0.15) is 5.75 Å². The van der Waals surface area contributed by atoms with Crippen LogP contribution in [0.25, 0.3) is 11.1 Å². The van der Waals surface area contributed by atoms with Gasteiger partial charge in [0.15, 0.2) is 0 Å². The van der Waals surface area contributed by atoms with Crippen LogP contribution in [0.15, 0.2) is 48.5 Å². The van der Waals surface area contributed by atoms with Gasteiger partial charge in [0.2, 0.25) is 5.91 Å². The third kappa shape index (κ3) is 3.95. The zero-order valence-electron chi connectivity index (χ0n) is 14.0. The number of amides is 1. The highest BCUT2D eigenvalue weighted by Crippen LogP contribution is 2.25. The monoisotopic (exact) mass is 324 g/mol. The fourth-order valence-corrected chi connectivity index (χ4v) is 3.11. The van der Waals surface area contributed by atoms with Crippen LogP contribution in [-0.2, 0) is 11.3 Å². The highest BCUT2D eigenvalue weighted by atomic mass is 16.3. The molecule has 1 fully saturated rings. The lowest BCUT2D eigenvalue weighted by molar-refractivity contribution is -0.127. The molecule has 0 aromatic heterocycles. The van der Waals surface area contributed by atoms with Gasteiger partial charge in [-0.15, -0.1) is 0 Å². The largest absolute Gasteiger partial charge is 0.508 e. The maximum Gasteiger partial charge on any atom is 0.222 e. The number of phenolic OH excluding ortho intramolecular Hbond substituents is 1. The van der Waals surface area contributed by atoms with Crippen molar-refractivity contribution in [2.75, 3.05) is 13.1 Å². The number of carbonyl (C=O) groups is 1. The zero-order chi connectivity index (χ0) is 16.9. The number of aromatic hydroxyl groups is 1. The summed E-state index contributed by atoms with van der Waals surface area (Å²) in [6.45, 7) is 4.23. The quantitative estimate of drug-likeness (QED) is 0.858. The van der Waals surface area contributed by atoms with Gasteiger partial charge in [0.05, 0.1) is 0 Å². The maximum absolute atomic E-state index is 11.7. The molecule has 1 amide bonds. The minimum Gasteiger partial charge on any atom is -0.508 e. The van der Waals surface area contributed by atoms with Gasteiger partial charge in [-0.3, -0.25) is 4.79 Å². The number of nitrogens with zero attached hydrogens (tertiary/aromatic N) is 1. The van der Waals surface area contributed by atoms with Gasteiger partial charge in [0.25, 0.3) is 0 Å². The van der Waals surface area contributed by atoms with Gasteiger partial charge in [-0.2, -0.15) is 0 Å². The molecule has 2 aromatic carbocycles. The third-order valence-electron chi connectivity index (χ3n) is 4.49. The number of likely N-dealkylation sites (tertiary alicyclic amines) is 1. The molecule has 3 rings (SSSR count). The van der Waals surface area contributed by atoms with E-state index in [1.165, 1.54) is 0 Å². The van der Waals surface area contributed by atoms with E-state index in [0.29, 0.717) is 18.7 Å². The second-order valence-corrected chi connectivity index (χ2v) is 6.43. The first-order valence-electron chi connectivity index (χ1n) is 8.52. The average molecular weight is 324 g/mol. The number of rotatable bonds is 6. The average Bonchev–Trinajstić information content (AvgIpc) is 3.00. The molecule has 1 aliphatic heterocycles. The Kier molecular flexibility index (Phi) is 5.16. The van der Waals surface area contributed by atoms with Crippen LogP contribution in [0.3, 0.4) is 0 Å². The topological polar surface area (TPSA) is 52.6 Å². The zero-order valence-corrected chi connectivity index (χ0v) is 14.0. The van der Waals surface area contributed by atoms with Gasteiger partial charge in [0, 0.05) is 37.7 Å². The molecule has 0 aliphatic carbocycles. The van der Waals surface area contributed by atoms with E-state index in [1.54, 1.807) is 6.07 Å². The van der Waals surface area contributed by atoms with Crippen LogP contribution in [0.1, 0.15) is 25.3 Å².